The van der Waals surface area contributed by atoms with Crippen molar-refractivity contribution in [2.24, 2.45) is 0 Å². The van der Waals surface area contributed by atoms with Gasteiger partial charge in [-0.3, -0.25) is 4.79 Å². The summed E-state index contributed by atoms with van der Waals surface area (Å²) in [5.74, 6) is -1.90. The Morgan fingerprint density at radius 1 is 1.36 bits per heavy atom. The first-order valence-electron chi connectivity index (χ1n) is 2.85. The van der Waals surface area contributed by atoms with Crippen LogP contribution in [-0.4, -0.2) is 14.1 Å². The number of rotatable bonds is 1. The van der Waals surface area contributed by atoms with E-state index in [1.807, 2.05) is 0 Å². The van der Waals surface area contributed by atoms with Gasteiger partial charge in [0.2, 0.25) is 0 Å². The molecule has 0 saturated carbocycles. The highest BCUT2D eigenvalue weighted by molar-refractivity contribution is 6.32. The van der Waals surface area contributed by atoms with Crippen molar-refractivity contribution < 1.29 is 13.6 Å². The first-order valence-corrected chi connectivity index (χ1v) is 2.85. The lowest BCUT2D eigenvalue weighted by Gasteiger charge is -1.99. The van der Waals surface area contributed by atoms with E-state index in [0.717, 1.165) is 12.1 Å². The van der Waals surface area contributed by atoms with E-state index in [4.69, 9.17) is 7.85 Å². The molecule has 0 amide bonds. The number of benzene rings is 1. The number of hydrogen-bond acceptors (Lipinski definition) is 1. The van der Waals surface area contributed by atoms with Crippen LogP contribution in [0.4, 0.5) is 8.78 Å². The maximum Gasteiger partial charge on any atom is 0.155 e. The molecule has 0 spiro atoms. The van der Waals surface area contributed by atoms with Crippen LogP contribution in [0.25, 0.3) is 0 Å². The highest BCUT2D eigenvalue weighted by Crippen LogP contribution is 2.06. The molecule has 0 aromatic heterocycles. The first kappa shape index (κ1) is 7.92. The number of carbonyl (C=O) groups is 1. The topological polar surface area (TPSA) is 17.1 Å². The monoisotopic (exact) mass is 152 g/mol. The van der Waals surface area contributed by atoms with E-state index >= 15 is 0 Å². The van der Waals surface area contributed by atoms with E-state index in [0.29, 0.717) is 0 Å². The van der Waals surface area contributed by atoms with Gasteiger partial charge in [-0.1, -0.05) is 11.5 Å². The molecule has 0 aliphatic carbocycles. The van der Waals surface area contributed by atoms with Crippen molar-refractivity contribution >= 4 is 19.6 Å². The van der Waals surface area contributed by atoms with Crippen LogP contribution in [0.1, 0.15) is 10.4 Å². The van der Waals surface area contributed by atoms with Gasteiger partial charge in [-0.05, 0) is 6.07 Å². The fourth-order valence-corrected chi connectivity index (χ4v) is 0.694. The molecule has 0 aliphatic heterocycles. The predicted octanol–water partition coefficient (Wildman–Crippen LogP) is 0.571. The van der Waals surface area contributed by atoms with E-state index in [2.05, 4.69) is 0 Å². The van der Waals surface area contributed by atoms with Gasteiger partial charge < -0.3 is 0 Å². The fourth-order valence-electron chi connectivity index (χ4n) is 0.694. The molecule has 1 aromatic rings. The average molecular weight is 152 g/mol. The predicted molar refractivity (Wildman–Crippen MR) is 37.1 cm³/mol. The van der Waals surface area contributed by atoms with Gasteiger partial charge in [0.1, 0.15) is 19.5 Å². The number of hydrogen-bond donors (Lipinski definition) is 0. The fraction of sp³-hybridized carbons (Fsp3) is 0. The Balaban J connectivity index is 3.40. The van der Waals surface area contributed by atoms with Crippen molar-refractivity contribution in [3.8, 4) is 0 Å². The lowest BCUT2D eigenvalue weighted by Crippen LogP contribution is -2.12. The zero-order valence-corrected chi connectivity index (χ0v) is 5.47. The Morgan fingerprint density at radius 3 is 2.45 bits per heavy atom. The van der Waals surface area contributed by atoms with Gasteiger partial charge >= 0.3 is 0 Å². The molecule has 0 aliphatic rings. The van der Waals surface area contributed by atoms with Crippen molar-refractivity contribution in [3.05, 3.63) is 29.3 Å². The Bertz CT molecular complexity index is 299. The standard InChI is InChI=1S/C7H3BF2O/c8-5-1-2-6(9)4(3-11)7(5)10/h1-3H. The van der Waals surface area contributed by atoms with E-state index in [1.165, 1.54) is 0 Å². The quantitative estimate of drug-likeness (QED) is 0.424. The van der Waals surface area contributed by atoms with Gasteiger partial charge in [-0.2, -0.15) is 0 Å². The van der Waals surface area contributed by atoms with Crippen LogP contribution in [-0.2, 0) is 0 Å². The normalized spacial score (nSPS) is 9.64. The SMILES string of the molecule is [B]c1ccc(F)c(C=O)c1F. The summed E-state index contributed by atoms with van der Waals surface area (Å²) in [6, 6.07) is 2.01. The summed E-state index contributed by atoms with van der Waals surface area (Å²) in [7, 11) is 5.06. The van der Waals surface area contributed by atoms with Crippen LogP contribution in [0, 0.1) is 11.6 Å². The second-order valence-electron chi connectivity index (χ2n) is 1.98. The van der Waals surface area contributed by atoms with Gasteiger partial charge in [0.05, 0.1) is 5.56 Å². The van der Waals surface area contributed by atoms with Gasteiger partial charge in [-0.25, -0.2) is 8.78 Å². The van der Waals surface area contributed by atoms with Crippen LogP contribution in [0.3, 0.4) is 0 Å². The minimum absolute atomic E-state index is 0.0982. The zero-order chi connectivity index (χ0) is 8.43. The van der Waals surface area contributed by atoms with E-state index in [9.17, 15) is 13.6 Å². The van der Waals surface area contributed by atoms with Crippen LogP contribution in [0.15, 0.2) is 12.1 Å². The summed E-state index contributed by atoms with van der Waals surface area (Å²) < 4.78 is 25.2. The molecule has 0 fully saturated rings. The second kappa shape index (κ2) is 2.82. The molecule has 1 nitrogen and oxygen atoms in total. The second-order valence-corrected chi connectivity index (χ2v) is 1.98. The van der Waals surface area contributed by atoms with Gasteiger partial charge in [0.15, 0.2) is 6.29 Å². The third-order valence-electron chi connectivity index (χ3n) is 1.27. The largest absolute Gasteiger partial charge is 0.298 e. The third-order valence-corrected chi connectivity index (χ3v) is 1.27. The van der Waals surface area contributed by atoms with Crippen molar-refractivity contribution in [1.82, 2.24) is 0 Å². The summed E-state index contributed by atoms with van der Waals surface area (Å²) in [6.07, 6.45) is 0.0982. The summed E-state index contributed by atoms with van der Waals surface area (Å²) in [4.78, 5) is 10.1. The Labute approximate surface area is 63.4 Å². The molecule has 0 saturated heterocycles. The van der Waals surface area contributed by atoms with Crippen LogP contribution >= 0.6 is 0 Å². The Hall–Kier alpha value is -1.19. The molecule has 54 valence electrons. The minimum atomic E-state index is -1.000. The van der Waals surface area contributed by atoms with Crippen molar-refractivity contribution in [3.63, 3.8) is 0 Å². The van der Waals surface area contributed by atoms with E-state index in [-0.39, 0.29) is 11.7 Å². The summed E-state index contributed by atoms with van der Waals surface area (Å²) in [5.41, 5.74) is -0.849. The molecule has 1 rings (SSSR count). The smallest absolute Gasteiger partial charge is 0.155 e. The van der Waals surface area contributed by atoms with Gasteiger partial charge in [0, 0.05) is 0 Å². The molecule has 0 bridgehead atoms. The van der Waals surface area contributed by atoms with Crippen molar-refractivity contribution in [1.29, 1.82) is 0 Å². The highest BCUT2D eigenvalue weighted by atomic mass is 19.1. The van der Waals surface area contributed by atoms with Gasteiger partial charge in [-0.15, -0.1) is 0 Å². The molecule has 1 aromatic carbocycles. The maximum atomic E-state index is 12.7. The van der Waals surface area contributed by atoms with E-state index < -0.39 is 17.2 Å². The summed E-state index contributed by atoms with van der Waals surface area (Å²) in [5, 5.41) is 0. The van der Waals surface area contributed by atoms with Gasteiger partial charge in [0.25, 0.3) is 0 Å². The molecule has 0 N–H and O–H groups in total. The maximum absolute atomic E-state index is 12.7. The highest BCUT2D eigenvalue weighted by Gasteiger charge is 2.08. The molecular weight excluding hydrogens is 149 g/mol. The lowest BCUT2D eigenvalue weighted by molar-refractivity contribution is 0.111. The average Bonchev–Trinajstić information content (AvgIpc) is 1.99. The number of aldehydes is 1. The minimum Gasteiger partial charge on any atom is -0.298 e. The lowest BCUT2D eigenvalue weighted by atomic mass is 9.93. The molecular formula is C7H3BF2O. The van der Waals surface area contributed by atoms with Crippen molar-refractivity contribution in [2.75, 3.05) is 0 Å². The molecule has 11 heavy (non-hydrogen) atoms. The summed E-state index contributed by atoms with van der Waals surface area (Å²) in [6.45, 7) is 0. The van der Waals surface area contributed by atoms with Crippen LogP contribution < -0.4 is 5.46 Å². The molecule has 0 atom stereocenters. The first-order chi connectivity index (χ1) is 5.16. The Kier molecular flexibility index (Phi) is 2.03. The number of carbonyl (C=O) groups excluding carboxylic acids is 1. The molecule has 0 heterocycles. The molecule has 4 heteroatoms. The van der Waals surface area contributed by atoms with Crippen LogP contribution in [0.5, 0.6) is 0 Å². The van der Waals surface area contributed by atoms with Crippen molar-refractivity contribution in [2.45, 2.75) is 0 Å². The van der Waals surface area contributed by atoms with E-state index in [1.54, 1.807) is 0 Å². The summed E-state index contributed by atoms with van der Waals surface area (Å²) >= 11 is 0. The molecule has 0 unspecified atom stereocenters. The zero-order valence-electron chi connectivity index (χ0n) is 5.47. The Morgan fingerprint density at radius 2 is 2.00 bits per heavy atom. The third kappa shape index (κ3) is 1.29. The molecule has 2 radical (unpaired) electrons. The number of halogens is 2. The van der Waals surface area contributed by atoms with Crippen LogP contribution in [0.2, 0.25) is 0 Å².